The molecule has 1 saturated heterocycles. The monoisotopic (exact) mass is 488 g/mol. The summed E-state index contributed by atoms with van der Waals surface area (Å²) in [5, 5.41) is 0. The first-order valence-electron chi connectivity index (χ1n) is 12.2. The van der Waals surface area contributed by atoms with Crippen molar-refractivity contribution in [2.75, 3.05) is 19.7 Å². The predicted octanol–water partition coefficient (Wildman–Crippen LogP) is 3.56. The number of hydrogen-bond donors (Lipinski definition) is 2. The van der Waals surface area contributed by atoms with Crippen LogP contribution in [-0.2, 0) is 9.59 Å². The molecule has 8 heteroatoms. The number of amides is 3. The molecule has 8 nitrogen and oxygen atoms in total. The smallest absolute Gasteiger partial charge is 0.271 e. The molecule has 36 heavy (non-hydrogen) atoms. The lowest BCUT2D eigenvalue weighted by atomic mass is 9.96. The molecule has 2 heterocycles. The van der Waals surface area contributed by atoms with Gasteiger partial charge in [0.1, 0.15) is 5.75 Å². The SMILES string of the molecule is Cc1cc(C(=O)NNC(=O)C2CCN(C(=O)CCOc3ccccc3)CC2)c(C)n1-c1ccccc1. The van der Waals surface area contributed by atoms with Gasteiger partial charge in [0.2, 0.25) is 11.8 Å². The van der Waals surface area contributed by atoms with Gasteiger partial charge in [-0.2, -0.15) is 0 Å². The molecule has 0 unspecified atom stereocenters. The van der Waals surface area contributed by atoms with Gasteiger partial charge >= 0.3 is 0 Å². The fraction of sp³-hybridized carbons (Fsp3) is 0.321. The lowest BCUT2D eigenvalue weighted by Gasteiger charge is -2.31. The van der Waals surface area contributed by atoms with Crippen molar-refractivity contribution in [3.05, 3.63) is 83.7 Å². The van der Waals surface area contributed by atoms with Gasteiger partial charge in [0.05, 0.1) is 18.6 Å². The minimum absolute atomic E-state index is 0.0202. The number of hydrogen-bond acceptors (Lipinski definition) is 4. The van der Waals surface area contributed by atoms with Crippen molar-refractivity contribution < 1.29 is 19.1 Å². The number of piperidine rings is 1. The predicted molar refractivity (Wildman–Crippen MR) is 137 cm³/mol. The molecule has 1 aromatic heterocycles. The van der Waals surface area contributed by atoms with Crippen LogP contribution >= 0.6 is 0 Å². The molecule has 0 saturated carbocycles. The van der Waals surface area contributed by atoms with Gasteiger partial charge in [-0.05, 0) is 57.0 Å². The number of likely N-dealkylation sites (tertiary alicyclic amines) is 1. The summed E-state index contributed by atoms with van der Waals surface area (Å²) in [6, 6.07) is 21.0. The molecule has 0 aliphatic carbocycles. The number of hydrazine groups is 1. The van der Waals surface area contributed by atoms with Crippen LogP contribution in [0.25, 0.3) is 5.69 Å². The molecular weight excluding hydrogens is 456 g/mol. The highest BCUT2D eigenvalue weighted by molar-refractivity contribution is 5.97. The summed E-state index contributed by atoms with van der Waals surface area (Å²) in [7, 11) is 0. The topological polar surface area (TPSA) is 92.7 Å². The second-order valence-corrected chi connectivity index (χ2v) is 8.97. The number of carbonyl (C=O) groups excluding carboxylic acids is 3. The van der Waals surface area contributed by atoms with Crippen molar-refractivity contribution in [1.29, 1.82) is 0 Å². The third-order valence-electron chi connectivity index (χ3n) is 6.54. The Balaban J connectivity index is 1.22. The van der Waals surface area contributed by atoms with Crippen molar-refractivity contribution in [3.63, 3.8) is 0 Å². The number of aryl methyl sites for hydroxylation is 1. The third-order valence-corrected chi connectivity index (χ3v) is 6.54. The van der Waals surface area contributed by atoms with Crippen molar-refractivity contribution in [3.8, 4) is 11.4 Å². The van der Waals surface area contributed by atoms with E-state index < -0.39 is 0 Å². The Morgan fingerprint density at radius 1 is 0.917 bits per heavy atom. The van der Waals surface area contributed by atoms with Gasteiger partial charge in [-0.3, -0.25) is 25.2 Å². The molecule has 0 bridgehead atoms. The molecule has 0 spiro atoms. The fourth-order valence-electron chi connectivity index (χ4n) is 4.58. The quantitative estimate of drug-likeness (QED) is 0.498. The maximum Gasteiger partial charge on any atom is 0.271 e. The maximum absolute atomic E-state index is 12.8. The van der Waals surface area contributed by atoms with Crippen molar-refractivity contribution in [2.24, 2.45) is 5.92 Å². The average molecular weight is 489 g/mol. The second kappa shape index (κ2) is 11.6. The van der Waals surface area contributed by atoms with Crippen LogP contribution in [0.4, 0.5) is 0 Å². The highest BCUT2D eigenvalue weighted by Gasteiger charge is 2.28. The van der Waals surface area contributed by atoms with E-state index in [1.807, 2.05) is 85.1 Å². The largest absolute Gasteiger partial charge is 0.493 e. The molecule has 2 N–H and O–H groups in total. The number of para-hydroxylation sites is 2. The van der Waals surface area contributed by atoms with Crippen LogP contribution < -0.4 is 15.6 Å². The molecule has 1 aliphatic heterocycles. The molecule has 3 aromatic rings. The van der Waals surface area contributed by atoms with Gasteiger partial charge in [0.25, 0.3) is 5.91 Å². The van der Waals surface area contributed by atoms with Crippen LogP contribution in [-0.4, -0.2) is 46.9 Å². The van der Waals surface area contributed by atoms with E-state index in [0.717, 1.165) is 22.8 Å². The average Bonchev–Trinajstić information content (AvgIpc) is 3.21. The Hall–Kier alpha value is -4.07. The van der Waals surface area contributed by atoms with E-state index in [-0.39, 0.29) is 23.6 Å². The fourth-order valence-corrected chi connectivity index (χ4v) is 4.58. The number of rotatable bonds is 7. The lowest BCUT2D eigenvalue weighted by molar-refractivity contribution is -0.136. The normalized spacial score (nSPS) is 13.8. The third kappa shape index (κ3) is 5.94. The second-order valence-electron chi connectivity index (χ2n) is 8.97. The van der Waals surface area contributed by atoms with Crippen LogP contribution in [0.1, 0.15) is 41.0 Å². The summed E-state index contributed by atoms with van der Waals surface area (Å²) < 4.78 is 7.61. The Morgan fingerprint density at radius 2 is 1.56 bits per heavy atom. The van der Waals surface area contributed by atoms with Crippen LogP contribution in [0.15, 0.2) is 66.7 Å². The molecule has 2 aromatic carbocycles. The highest BCUT2D eigenvalue weighted by atomic mass is 16.5. The van der Waals surface area contributed by atoms with E-state index in [1.165, 1.54) is 0 Å². The number of aromatic nitrogens is 1. The molecular formula is C28H32N4O4. The summed E-state index contributed by atoms with van der Waals surface area (Å²) in [5.41, 5.74) is 8.35. The summed E-state index contributed by atoms with van der Waals surface area (Å²) in [5.74, 6) is -0.0902. The first-order valence-corrected chi connectivity index (χ1v) is 12.2. The first-order chi connectivity index (χ1) is 17.4. The van der Waals surface area contributed by atoms with Crippen molar-refractivity contribution in [1.82, 2.24) is 20.3 Å². The Labute approximate surface area is 211 Å². The summed E-state index contributed by atoms with van der Waals surface area (Å²) in [6.45, 7) is 5.16. The zero-order valence-corrected chi connectivity index (χ0v) is 20.7. The minimum Gasteiger partial charge on any atom is -0.493 e. The zero-order chi connectivity index (χ0) is 25.5. The molecule has 0 radical (unpaired) electrons. The number of nitrogens with zero attached hydrogens (tertiary/aromatic N) is 2. The van der Waals surface area contributed by atoms with Crippen LogP contribution in [0.3, 0.4) is 0 Å². The molecule has 188 valence electrons. The van der Waals surface area contributed by atoms with E-state index >= 15 is 0 Å². The first kappa shape index (κ1) is 25.0. The van der Waals surface area contributed by atoms with E-state index in [2.05, 4.69) is 10.9 Å². The van der Waals surface area contributed by atoms with Gasteiger partial charge in [-0.25, -0.2) is 0 Å². The highest BCUT2D eigenvalue weighted by Crippen LogP contribution is 2.21. The number of carbonyl (C=O) groups is 3. The van der Waals surface area contributed by atoms with Crippen molar-refractivity contribution >= 4 is 17.7 Å². The van der Waals surface area contributed by atoms with E-state index in [1.54, 1.807) is 4.90 Å². The summed E-state index contributed by atoms with van der Waals surface area (Å²) in [6.07, 6.45) is 1.40. The van der Waals surface area contributed by atoms with Crippen LogP contribution in [0.2, 0.25) is 0 Å². The van der Waals surface area contributed by atoms with Crippen molar-refractivity contribution in [2.45, 2.75) is 33.1 Å². The molecule has 0 atom stereocenters. The zero-order valence-electron chi connectivity index (χ0n) is 20.7. The van der Waals surface area contributed by atoms with Crippen LogP contribution in [0.5, 0.6) is 5.75 Å². The Kier molecular flexibility index (Phi) is 8.05. The molecule has 1 aliphatic rings. The van der Waals surface area contributed by atoms with Gasteiger partial charge < -0.3 is 14.2 Å². The summed E-state index contributed by atoms with van der Waals surface area (Å²) in [4.78, 5) is 39.7. The molecule has 1 fully saturated rings. The number of nitrogens with one attached hydrogen (secondary N) is 2. The van der Waals surface area contributed by atoms with E-state index in [4.69, 9.17) is 4.74 Å². The van der Waals surface area contributed by atoms with E-state index in [0.29, 0.717) is 44.5 Å². The Bertz CT molecular complexity index is 1200. The Morgan fingerprint density at radius 3 is 2.22 bits per heavy atom. The van der Waals surface area contributed by atoms with Crippen LogP contribution in [0, 0.1) is 19.8 Å². The van der Waals surface area contributed by atoms with Gasteiger partial charge in [0, 0.05) is 36.1 Å². The van der Waals surface area contributed by atoms with Gasteiger partial charge in [-0.1, -0.05) is 36.4 Å². The maximum atomic E-state index is 12.8. The summed E-state index contributed by atoms with van der Waals surface area (Å²) >= 11 is 0. The number of ether oxygens (including phenoxy) is 1. The molecule has 3 amide bonds. The van der Waals surface area contributed by atoms with Gasteiger partial charge in [-0.15, -0.1) is 0 Å². The lowest BCUT2D eigenvalue weighted by Crippen LogP contribution is -2.48. The van der Waals surface area contributed by atoms with E-state index in [9.17, 15) is 14.4 Å². The molecule has 4 rings (SSSR count). The number of benzene rings is 2. The minimum atomic E-state index is -0.357. The van der Waals surface area contributed by atoms with Gasteiger partial charge in [0.15, 0.2) is 0 Å². The standard InChI is InChI=1S/C28H32N4O4/c1-20-19-25(21(2)32(20)23-9-5-3-6-10-23)28(35)30-29-27(34)22-13-16-31(17-14-22)26(33)15-18-36-24-11-7-4-8-12-24/h3-12,19,22H,13-18H2,1-2H3,(H,29,34)(H,30,35).